The molecule has 0 bridgehead atoms. The molecule has 4 nitrogen and oxygen atoms in total. The van der Waals surface area contributed by atoms with Crippen LogP contribution >= 0.6 is 0 Å². The molecule has 23 heavy (non-hydrogen) atoms. The van der Waals surface area contributed by atoms with Crippen LogP contribution in [0.15, 0.2) is 67.0 Å². The number of hydrogen-bond donors (Lipinski definition) is 1. The van der Waals surface area contributed by atoms with E-state index in [4.69, 9.17) is 5.26 Å². The Labute approximate surface area is 136 Å². The summed E-state index contributed by atoms with van der Waals surface area (Å²) in [6, 6.07) is 20.3. The number of rotatable bonds is 6. The first-order chi connectivity index (χ1) is 11.3. The maximum Gasteiger partial charge on any atom is 0.0991 e. The maximum absolute atomic E-state index is 8.79. The molecule has 0 aliphatic heterocycles. The first-order valence-electron chi connectivity index (χ1n) is 7.58. The monoisotopic (exact) mass is 302 g/mol. The van der Waals surface area contributed by atoms with Crippen molar-refractivity contribution in [2.24, 2.45) is 0 Å². The Morgan fingerprint density at radius 2 is 1.52 bits per heavy atom. The van der Waals surface area contributed by atoms with Gasteiger partial charge in [-0.15, -0.1) is 0 Å². The van der Waals surface area contributed by atoms with Crippen LogP contribution in [0.3, 0.4) is 0 Å². The fourth-order valence-electron chi connectivity index (χ4n) is 2.39. The fourth-order valence-corrected chi connectivity index (χ4v) is 2.39. The minimum Gasteiger partial charge on any atom is -0.309 e. The lowest BCUT2D eigenvalue weighted by Gasteiger charge is -2.07. The lowest BCUT2D eigenvalue weighted by atomic mass is 10.1. The second kappa shape index (κ2) is 7.39. The number of aromatic nitrogens is 2. The lowest BCUT2D eigenvalue weighted by molar-refractivity contribution is 0.682. The van der Waals surface area contributed by atoms with Crippen molar-refractivity contribution in [2.75, 3.05) is 0 Å². The van der Waals surface area contributed by atoms with Gasteiger partial charge in [0.2, 0.25) is 0 Å². The van der Waals surface area contributed by atoms with Gasteiger partial charge in [0.25, 0.3) is 0 Å². The SMILES string of the molecule is N#Cc1ccc(CNCc2ccc(Cn3cccn3)cc2)cc1. The summed E-state index contributed by atoms with van der Waals surface area (Å²) in [5.74, 6) is 0. The van der Waals surface area contributed by atoms with E-state index in [0.717, 1.165) is 19.6 Å². The van der Waals surface area contributed by atoms with Gasteiger partial charge in [0.05, 0.1) is 18.2 Å². The Morgan fingerprint density at radius 3 is 2.09 bits per heavy atom. The molecule has 4 heteroatoms. The van der Waals surface area contributed by atoms with E-state index in [2.05, 4.69) is 40.8 Å². The molecule has 1 aromatic heterocycles. The van der Waals surface area contributed by atoms with Gasteiger partial charge in [-0.05, 0) is 34.9 Å². The Balaban J connectivity index is 1.49. The summed E-state index contributed by atoms with van der Waals surface area (Å²) in [6.45, 7) is 2.41. The zero-order valence-electron chi connectivity index (χ0n) is 12.8. The van der Waals surface area contributed by atoms with Crippen LogP contribution in [0, 0.1) is 11.3 Å². The minimum absolute atomic E-state index is 0.696. The molecular formula is C19H18N4. The van der Waals surface area contributed by atoms with E-state index in [1.54, 1.807) is 6.20 Å². The third-order valence-electron chi connectivity index (χ3n) is 3.67. The van der Waals surface area contributed by atoms with Crippen molar-refractivity contribution in [3.63, 3.8) is 0 Å². The molecule has 3 aromatic rings. The number of nitriles is 1. The number of nitrogens with one attached hydrogen (secondary N) is 1. The van der Waals surface area contributed by atoms with Gasteiger partial charge < -0.3 is 5.32 Å². The normalized spacial score (nSPS) is 10.4. The first kappa shape index (κ1) is 15.0. The largest absolute Gasteiger partial charge is 0.309 e. The smallest absolute Gasteiger partial charge is 0.0991 e. The van der Waals surface area contributed by atoms with Gasteiger partial charge in [-0.2, -0.15) is 10.4 Å². The highest BCUT2D eigenvalue weighted by molar-refractivity contribution is 5.31. The fraction of sp³-hybridized carbons (Fsp3) is 0.158. The van der Waals surface area contributed by atoms with Crippen molar-refractivity contribution < 1.29 is 0 Å². The second-order valence-corrected chi connectivity index (χ2v) is 5.43. The topological polar surface area (TPSA) is 53.6 Å². The zero-order valence-corrected chi connectivity index (χ0v) is 12.8. The Kier molecular flexibility index (Phi) is 4.82. The van der Waals surface area contributed by atoms with Gasteiger partial charge in [0.15, 0.2) is 0 Å². The average molecular weight is 302 g/mol. The Morgan fingerprint density at radius 1 is 0.913 bits per heavy atom. The molecule has 1 N–H and O–H groups in total. The van der Waals surface area contributed by atoms with Crippen LogP contribution in [0.1, 0.15) is 22.3 Å². The molecule has 0 unspecified atom stereocenters. The van der Waals surface area contributed by atoms with Crippen LogP contribution in [0.5, 0.6) is 0 Å². The zero-order chi connectivity index (χ0) is 15.9. The van der Waals surface area contributed by atoms with E-state index >= 15 is 0 Å². The molecule has 0 spiro atoms. The molecule has 1 heterocycles. The molecule has 0 amide bonds. The predicted molar refractivity (Wildman–Crippen MR) is 89.5 cm³/mol. The highest BCUT2D eigenvalue weighted by Gasteiger charge is 1.98. The average Bonchev–Trinajstić information content (AvgIpc) is 3.10. The summed E-state index contributed by atoms with van der Waals surface area (Å²) in [4.78, 5) is 0. The highest BCUT2D eigenvalue weighted by atomic mass is 15.3. The Bertz CT molecular complexity index is 766. The second-order valence-electron chi connectivity index (χ2n) is 5.43. The van der Waals surface area contributed by atoms with Gasteiger partial charge in [-0.3, -0.25) is 4.68 Å². The summed E-state index contributed by atoms with van der Waals surface area (Å²) in [5, 5.41) is 16.4. The molecule has 0 fully saturated rings. The van der Waals surface area contributed by atoms with Crippen LogP contribution in [0.4, 0.5) is 0 Å². The molecule has 0 radical (unpaired) electrons. The van der Waals surface area contributed by atoms with E-state index in [9.17, 15) is 0 Å². The van der Waals surface area contributed by atoms with E-state index in [1.165, 1.54) is 16.7 Å². The van der Waals surface area contributed by atoms with E-state index in [1.807, 2.05) is 41.2 Å². The number of hydrogen-bond acceptors (Lipinski definition) is 3. The van der Waals surface area contributed by atoms with Crippen molar-refractivity contribution in [3.8, 4) is 6.07 Å². The van der Waals surface area contributed by atoms with Crippen LogP contribution in [0.2, 0.25) is 0 Å². The van der Waals surface area contributed by atoms with Gasteiger partial charge in [-0.1, -0.05) is 36.4 Å². The summed E-state index contributed by atoms with van der Waals surface area (Å²) in [6.07, 6.45) is 3.76. The summed E-state index contributed by atoms with van der Waals surface area (Å²) in [5.41, 5.74) is 4.37. The molecule has 0 aliphatic rings. The quantitative estimate of drug-likeness (QED) is 0.761. The van der Waals surface area contributed by atoms with E-state index in [0.29, 0.717) is 5.56 Å². The third-order valence-corrected chi connectivity index (χ3v) is 3.67. The third kappa shape index (κ3) is 4.29. The van der Waals surface area contributed by atoms with Gasteiger partial charge in [-0.25, -0.2) is 0 Å². The van der Waals surface area contributed by atoms with Crippen LogP contribution in [0.25, 0.3) is 0 Å². The minimum atomic E-state index is 0.696. The Hall–Kier alpha value is -2.90. The molecule has 0 aliphatic carbocycles. The van der Waals surface area contributed by atoms with Gasteiger partial charge >= 0.3 is 0 Å². The number of nitrogens with zero attached hydrogens (tertiary/aromatic N) is 3. The molecule has 3 rings (SSSR count). The molecule has 0 saturated carbocycles. The molecule has 2 aromatic carbocycles. The van der Waals surface area contributed by atoms with Crippen molar-refractivity contribution in [1.29, 1.82) is 5.26 Å². The lowest BCUT2D eigenvalue weighted by Crippen LogP contribution is -2.12. The van der Waals surface area contributed by atoms with Crippen LogP contribution < -0.4 is 5.32 Å². The summed E-state index contributed by atoms with van der Waals surface area (Å²) >= 11 is 0. The highest BCUT2D eigenvalue weighted by Crippen LogP contribution is 2.07. The predicted octanol–water partition coefficient (Wildman–Crippen LogP) is 3.09. The van der Waals surface area contributed by atoms with E-state index < -0.39 is 0 Å². The number of benzene rings is 2. The summed E-state index contributed by atoms with van der Waals surface area (Å²) < 4.78 is 1.91. The standard InChI is InChI=1S/C19H18N4/c20-12-16-2-4-17(5-3-16)13-21-14-18-6-8-19(9-7-18)15-23-11-1-10-22-23/h1-11,21H,13-15H2. The molecule has 0 atom stereocenters. The van der Waals surface area contributed by atoms with Crippen LogP contribution in [-0.2, 0) is 19.6 Å². The van der Waals surface area contributed by atoms with Crippen molar-refractivity contribution in [3.05, 3.63) is 89.2 Å². The first-order valence-corrected chi connectivity index (χ1v) is 7.58. The van der Waals surface area contributed by atoms with E-state index in [-0.39, 0.29) is 0 Å². The van der Waals surface area contributed by atoms with Gasteiger partial charge in [0, 0.05) is 25.5 Å². The molecular weight excluding hydrogens is 284 g/mol. The molecule has 114 valence electrons. The summed E-state index contributed by atoms with van der Waals surface area (Å²) in [7, 11) is 0. The van der Waals surface area contributed by atoms with Crippen molar-refractivity contribution in [1.82, 2.24) is 15.1 Å². The maximum atomic E-state index is 8.79. The van der Waals surface area contributed by atoms with Gasteiger partial charge in [0.1, 0.15) is 0 Å². The van der Waals surface area contributed by atoms with Crippen molar-refractivity contribution >= 4 is 0 Å². The van der Waals surface area contributed by atoms with Crippen molar-refractivity contribution in [2.45, 2.75) is 19.6 Å². The van der Waals surface area contributed by atoms with Crippen LogP contribution in [-0.4, -0.2) is 9.78 Å². The molecule has 0 saturated heterocycles.